The van der Waals surface area contributed by atoms with Gasteiger partial charge in [0.1, 0.15) is 17.6 Å². The molecule has 1 aliphatic heterocycles. The van der Waals surface area contributed by atoms with E-state index in [4.69, 9.17) is 15.6 Å². The van der Waals surface area contributed by atoms with Gasteiger partial charge in [-0.2, -0.15) is 4.31 Å². The van der Waals surface area contributed by atoms with Crippen molar-refractivity contribution in [3.05, 3.63) is 89.7 Å². The molecule has 0 radical (unpaired) electrons. The summed E-state index contributed by atoms with van der Waals surface area (Å²) in [7, 11) is -0.0429. The van der Waals surface area contributed by atoms with Gasteiger partial charge in [0, 0.05) is 19.8 Å². The SMILES string of the molecule is CN(C)c1ccc(OC2(c3ccc(F)cc3)CN(S(=O)(=O)c3cccc(C[C@H](N)C(=O)O)c3)C2)cc1. The number of aliphatic carboxylic acids is 1. The number of nitrogens with two attached hydrogens (primary N) is 1. The summed E-state index contributed by atoms with van der Waals surface area (Å²) in [4.78, 5) is 13.1. The van der Waals surface area contributed by atoms with Crippen LogP contribution in [0.2, 0.25) is 0 Å². The molecule has 3 aromatic rings. The largest absolute Gasteiger partial charge is 0.480 e. The summed E-state index contributed by atoms with van der Waals surface area (Å²) in [6.07, 6.45) is 0.00423. The molecule has 0 aliphatic carbocycles. The van der Waals surface area contributed by atoms with Crippen LogP contribution < -0.4 is 15.4 Å². The maximum absolute atomic E-state index is 13.6. The molecule has 1 saturated heterocycles. The molecule has 36 heavy (non-hydrogen) atoms. The van der Waals surface area contributed by atoms with Crippen molar-refractivity contribution in [3.8, 4) is 5.75 Å². The maximum Gasteiger partial charge on any atom is 0.320 e. The number of carboxylic acids is 1. The van der Waals surface area contributed by atoms with Gasteiger partial charge in [0.15, 0.2) is 5.60 Å². The molecule has 0 aromatic heterocycles. The molecule has 0 spiro atoms. The van der Waals surface area contributed by atoms with Gasteiger partial charge in [0.25, 0.3) is 0 Å². The minimum Gasteiger partial charge on any atom is -0.480 e. The van der Waals surface area contributed by atoms with Crippen molar-refractivity contribution >= 4 is 21.7 Å². The number of carbonyl (C=O) groups is 1. The Hall–Kier alpha value is -3.47. The van der Waals surface area contributed by atoms with Gasteiger partial charge in [-0.05, 0) is 66.1 Å². The zero-order chi connectivity index (χ0) is 26.1. The van der Waals surface area contributed by atoms with Crippen LogP contribution in [0.25, 0.3) is 0 Å². The minimum absolute atomic E-state index is 0.00423. The number of nitrogens with zero attached hydrogens (tertiary/aromatic N) is 2. The van der Waals surface area contributed by atoms with Crippen LogP contribution >= 0.6 is 0 Å². The Balaban J connectivity index is 1.59. The van der Waals surface area contributed by atoms with E-state index >= 15 is 0 Å². The van der Waals surface area contributed by atoms with Crippen molar-refractivity contribution in [1.82, 2.24) is 4.31 Å². The Morgan fingerprint density at radius 3 is 2.33 bits per heavy atom. The van der Waals surface area contributed by atoms with Crippen molar-refractivity contribution < 1.29 is 27.4 Å². The minimum atomic E-state index is -3.89. The molecule has 10 heteroatoms. The second kappa shape index (κ2) is 9.88. The zero-order valence-electron chi connectivity index (χ0n) is 20.0. The van der Waals surface area contributed by atoms with Crippen LogP contribution in [-0.4, -0.2) is 57.0 Å². The van der Waals surface area contributed by atoms with E-state index in [1.165, 1.54) is 28.6 Å². The van der Waals surface area contributed by atoms with Crippen LogP contribution in [0.1, 0.15) is 11.1 Å². The van der Waals surface area contributed by atoms with Gasteiger partial charge in [-0.3, -0.25) is 4.79 Å². The molecule has 0 amide bonds. The van der Waals surface area contributed by atoms with Crippen LogP contribution in [-0.2, 0) is 26.8 Å². The Labute approximate surface area is 209 Å². The third-order valence-electron chi connectivity index (χ3n) is 6.21. The summed E-state index contributed by atoms with van der Waals surface area (Å²) in [5, 5.41) is 9.06. The predicted octanol–water partition coefficient (Wildman–Crippen LogP) is 2.82. The number of hydrogen-bond donors (Lipinski definition) is 2. The molecule has 1 atom stereocenters. The highest BCUT2D eigenvalue weighted by Crippen LogP contribution is 2.40. The van der Waals surface area contributed by atoms with Gasteiger partial charge >= 0.3 is 5.97 Å². The lowest BCUT2D eigenvalue weighted by Gasteiger charge is -2.49. The number of rotatable bonds is 9. The molecule has 1 heterocycles. The molecule has 1 aliphatic rings. The van der Waals surface area contributed by atoms with Crippen molar-refractivity contribution in [2.75, 3.05) is 32.1 Å². The standard InChI is InChI=1S/C26H28FN3O5S/c1-29(2)21-10-12-22(13-11-21)35-26(19-6-8-20(27)9-7-19)16-30(17-26)36(33,34)23-5-3-4-18(14-23)15-24(28)25(31)32/h3-14,24H,15-17,28H2,1-2H3,(H,31,32)/t24-/m0/s1. The monoisotopic (exact) mass is 513 g/mol. The Morgan fingerprint density at radius 1 is 1.11 bits per heavy atom. The molecule has 0 unspecified atom stereocenters. The van der Waals surface area contributed by atoms with Crippen molar-refractivity contribution in [3.63, 3.8) is 0 Å². The second-order valence-corrected chi connectivity index (χ2v) is 11.0. The van der Waals surface area contributed by atoms with Gasteiger partial charge in [-0.1, -0.05) is 24.3 Å². The third kappa shape index (κ3) is 5.20. The number of anilines is 1. The number of benzene rings is 3. The molecule has 3 N–H and O–H groups in total. The topological polar surface area (TPSA) is 113 Å². The predicted molar refractivity (Wildman–Crippen MR) is 134 cm³/mol. The smallest absolute Gasteiger partial charge is 0.320 e. The molecule has 3 aromatic carbocycles. The van der Waals surface area contributed by atoms with Gasteiger partial charge in [0.2, 0.25) is 10.0 Å². The highest BCUT2D eigenvalue weighted by molar-refractivity contribution is 7.89. The molecule has 0 bridgehead atoms. The zero-order valence-corrected chi connectivity index (χ0v) is 20.8. The van der Waals surface area contributed by atoms with Crippen molar-refractivity contribution in [2.45, 2.75) is 23.0 Å². The number of halogens is 1. The van der Waals surface area contributed by atoms with E-state index in [1.54, 1.807) is 24.3 Å². The lowest BCUT2D eigenvalue weighted by atomic mass is 9.87. The van der Waals surface area contributed by atoms with E-state index < -0.39 is 33.5 Å². The lowest BCUT2D eigenvalue weighted by Crippen LogP contribution is -2.64. The summed E-state index contributed by atoms with van der Waals surface area (Å²) in [6.45, 7) is 0.0462. The highest BCUT2D eigenvalue weighted by Gasteiger charge is 2.52. The third-order valence-corrected chi connectivity index (χ3v) is 8.00. The maximum atomic E-state index is 13.6. The van der Waals surface area contributed by atoms with E-state index in [9.17, 15) is 17.6 Å². The van der Waals surface area contributed by atoms with Gasteiger partial charge in [-0.15, -0.1) is 0 Å². The molecule has 1 fully saturated rings. The summed E-state index contributed by atoms with van der Waals surface area (Å²) in [5.74, 6) is -0.998. The summed E-state index contributed by atoms with van der Waals surface area (Å²) in [6, 6.07) is 18.2. The fourth-order valence-corrected chi connectivity index (χ4v) is 5.72. The van der Waals surface area contributed by atoms with Crippen molar-refractivity contribution in [1.29, 1.82) is 0 Å². The van der Waals surface area contributed by atoms with Gasteiger partial charge in [-0.25, -0.2) is 12.8 Å². The average molecular weight is 514 g/mol. The first-order chi connectivity index (χ1) is 17.0. The van der Waals surface area contributed by atoms with Crippen LogP contribution in [0.5, 0.6) is 5.75 Å². The normalized spacial score (nSPS) is 16.1. The summed E-state index contributed by atoms with van der Waals surface area (Å²) < 4.78 is 48.0. The molecular formula is C26H28FN3O5S. The first-order valence-electron chi connectivity index (χ1n) is 11.3. The second-order valence-electron chi connectivity index (χ2n) is 9.06. The van der Waals surface area contributed by atoms with Gasteiger partial charge in [0.05, 0.1) is 18.0 Å². The Morgan fingerprint density at radius 2 is 1.75 bits per heavy atom. The number of ether oxygens (including phenoxy) is 1. The van der Waals surface area contributed by atoms with E-state index in [1.807, 2.05) is 43.3 Å². The van der Waals surface area contributed by atoms with E-state index in [2.05, 4.69) is 0 Å². The van der Waals surface area contributed by atoms with Crippen LogP contribution in [0, 0.1) is 5.82 Å². The molecule has 4 rings (SSSR count). The molecule has 8 nitrogen and oxygen atoms in total. The van der Waals surface area contributed by atoms with Crippen LogP contribution in [0.15, 0.2) is 77.7 Å². The summed E-state index contributed by atoms with van der Waals surface area (Å²) >= 11 is 0. The van der Waals surface area contributed by atoms with Crippen LogP contribution in [0.4, 0.5) is 10.1 Å². The number of hydrogen-bond acceptors (Lipinski definition) is 6. The molecular weight excluding hydrogens is 485 g/mol. The Bertz CT molecular complexity index is 1340. The van der Waals surface area contributed by atoms with E-state index in [0.29, 0.717) is 16.9 Å². The molecule has 190 valence electrons. The van der Waals surface area contributed by atoms with Crippen LogP contribution in [0.3, 0.4) is 0 Å². The van der Waals surface area contributed by atoms with Crippen molar-refractivity contribution in [2.24, 2.45) is 5.73 Å². The number of carboxylic acid groups (broad SMARTS) is 1. The fourth-order valence-electron chi connectivity index (χ4n) is 4.11. The fraction of sp³-hybridized carbons (Fsp3) is 0.269. The van der Waals surface area contributed by atoms with E-state index in [0.717, 1.165) is 5.69 Å². The Kier molecular flexibility index (Phi) is 7.03. The lowest BCUT2D eigenvalue weighted by molar-refractivity contribution is -0.138. The first kappa shape index (κ1) is 25.6. The number of sulfonamides is 1. The quantitative estimate of drug-likeness (QED) is 0.452. The molecule has 0 saturated carbocycles. The average Bonchev–Trinajstić information content (AvgIpc) is 2.82. The first-order valence-corrected chi connectivity index (χ1v) is 12.7. The van der Waals surface area contributed by atoms with E-state index in [-0.39, 0.29) is 24.4 Å². The summed E-state index contributed by atoms with van der Waals surface area (Å²) in [5.41, 5.74) is 6.77. The van der Waals surface area contributed by atoms with Gasteiger partial charge < -0.3 is 20.5 Å². The highest BCUT2D eigenvalue weighted by atomic mass is 32.2.